The number of hydrogen-bond acceptors (Lipinski definition) is 5. The molecule has 1 aliphatic heterocycles. The number of rotatable bonds is 3. The number of piperidine rings is 1. The Balaban J connectivity index is 1.66. The number of likely N-dealkylation sites (tertiary alicyclic amines) is 1. The summed E-state index contributed by atoms with van der Waals surface area (Å²) in [6.07, 6.45) is 0.713. The number of aromatic nitrogens is 2. The smallest absolute Gasteiger partial charge is 0.257 e. The predicted molar refractivity (Wildman–Crippen MR) is 79.8 cm³/mol. The second-order valence-corrected chi connectivity index (χ2v) is 6.03. The van der Waals surface area contributed by atoms with Crippen molar-refractivity contribution in [3.63, 3.8) is 0 Å². The monoisotopic (exact) mass is 307 g/mol. The van der Waals surface area contributed by atoms with Crippen molar-refractivity contribution >= 4 is 11.6 Å². The molecule has 1 saturated heterocycles. The Kier molecular flexibility index (Phi) is 4.24. The molecule has 0 spiro atoms. The largest absolute Gasteiger partial charge is 0.392 e. The number of benzene rings is 1. The van der Waals surface area contributed by atoms with Crippen LogP contribution in [0.5, 0.6) is 0 Å². The molecule has 1 N–H and O–H groups in total. The predicted octanol–water partition coefficient (Wildman–Crippen LogP) is 2.59. The van der Waals surface area contributed by atoms with Gasteiger partial charge in [-0.2, -0.15) is 4.98 Å². The average Bonchev–Trinajstić information content (AvgIpc) is 2.92. The van der Waals surface area contributed by atoms with Crippen molar-refractivity contribution in [3.8, 4) is 11.5 Å². The number of halogens is 1. The molecule has 2 atom stereocenters. The normalized spacial score (nSPS) is 23.4. The van der Waals surface area contributed by atoms with Gasteiger partial charge in [-0.25, -0.2) is 0 Å². The van der Waals surface area contributed by atoms with Crippen LogP contribution in [0.1, 0.15) is 19.2 Å². The van der Waals surface area contributed by atoms with Crippen molar-refractivity contribution in [3.05, 3.63) is 35.1 Å². The van der Waals surface area contributed by atoms with Crippen molar-refractivity contribution in [2.75, 3.05) is 13.1 Å². The topological polar surface area (TPSA) is 62.4 Å². The maximum absolute atomic E-state index is 9.92. The number of aliphatic hydroxyl groups excluding tert-OH is 1. The van der Waals surface area contributed by atoms with Crippen LogP contribution in [0.15, 0.2) is 28.8 Å². The summed E-state index contributed by atoms with van der Waals surface area (Å²) in [5, 5.41) is 14.6. The summed E-state index contributed by atoms with van der Waals surface area (Å²) in [6, 6.07) is 7.30. The molecule has 5 nitrogen and oxygen atoms in total. The van der Waals surface area contributed by atoms with Gasteiger partial charge < -0.3 is 9.63 Å². The Morgan fingerprint density at radius 2 is 2.14 bits per heavy atom. The maximum atomic E-state index is 9.92. The van der Waals surface area contributed by atoms with E-state index in [0.29, 0.717) is 35.7 Å². The lowest BCUT2D eigenvalue weighted by molar-refractivity contribution is 0.0246. The second-order valence-electron chi connectivity index (χ2n) is 5.59. The van der Waals surface area contributed by atoms with E-state index >= 15 is 0 Å². The molecule has 3 rings (SSSR count). The van der Waals surface area contributed by atoms with Gasteiger partial charge in [0.05, 0.1) is 12.6 Å². The second kappa shape index (κ2) is 6.13. The van der Waals surface area contributed by atoms with E-state index in [2.05, 4.69) is 22.0 Å². The first kappa shape index (κ1) is 14.5. The fourth-order valence-electron chi connectivity index (χ4n) is 2.49. The van der Waals surface area contributed by atoms with E-state index in [9.17, 15) is 5.11 Å². The number of aliphatic hydroxyl groups is 1. The summed E-state index contributed by atoms with van der Waals surface area (Å²) in [6.45, 7) is 4.28. The minimum absolute atomic E-state index is 0.276. The quantitative estimate of drug-likeness (QED) is 0.944. The molecule has 1 fully saturated rings. The van der Waals surface area contributed by atoms with Gasteiger partial charge in [-0.3, -0.25) is 4.90 Å². The van der Waals surface area contributed by atoms with Crippen molar-refractivity contribution in [2.24, 2.45) is 5.92 Å². The third-order valence-electron chi connectivity index (χ3n) is 3.93. The first-order valence-electron chi connectivity index (χ1n) is 7.11. The SMILES string of the molecule is CC1CCN(Cc2noc(-c3ccc(Cl)cc3)n2)CC1O. The first-order valence-corrected chi connectivity index (χ1v) is 7.48. The van der Waals surface area contributed by atoms with E-state index in [1.54, 1.807) is 12.1 Å². The average molecular weight is 308 g/mol. The van der Waals surface area contributed by atoms with Crippen LogP contribution in [0.25, 0.3) is 11.5 Å². The van der Waals surface area contributed by atoms with Gasteiger partial charge in [0, 0.05) is 17.1 Å². The van der Waals surface area contributed by atoms with Crippen molar-refractivity contribution < 1.29 is 9.63 Å². The highest BCUT2D eigenvalue weighted by Crippen LogP contribution is 2.21. The van der Waals surface area contributed by atoms with E-state index < -0.39 is 0 Å². The van der Waals surface area contributed by atoms with Crippen LogP contribution in [0, 0.1) is 5.92 Å². The third kappa shape index (κ3) is 3.43. The Labute approximate surface area is 128 Å². The lowest BCUT2D eigenvalue weighted by Crippen LogP contribution is -2.42. The molecule has 0 saturated carbocycles. The van der Waals surface area contributed by atoms with Gasteiger partial charge >= 0.3 is 0 Å². The summed E-state index contributed by atoms with van der Waals surface area (Å²) in [7, 11) is 0. The number of nitrogens with zero attached hydrogens (tertiary/aromatic N) is 3. The van der Waals surface area contributed by atoms with Gasteiger partial charge in [0.15, 0.2) is 5.82 Å². The zero-order valence-corrected chi connectivity index (χ0v) is 12.6. The minimum atomic E-state index is -0.276. The summed E-state index contributed by atoms with van der Waals surface area (Å²) in [4.78, 5) is 6.56. The van der Waals surface area contributed by atoms with Crippen LogP contribution in [-0.4, -0.2) is 39.3 Å². The minimum Gasteiger partial charge on any atom is -0.392 e. The molecule has 0 bridgehead atoms. The molecular weight excluding hydrogens is 290 g/mol. The van der Waals surface area contributed by atoms with E-state index in [0.717, 1.165) is 18.5 Å². The van der Waals surface area contributed by atoms with E-state index in [4.69, 9.17) is 16.1 Å². The summed E-state index contributed by atoms with van der Waals surface area (Å²) >= 11 is 5.86. The summed E-state index contributed by atoms with van der Waals surface area (Å²) in [5.74, 6) is 1.49. The van der Waals surface area contributed by atoms with E-state index in [-0.39, 0.29) is 6.10 Å². The fourth-order valence-corrected chi connectivity index (χ4v) is 2.61. The molecule has 1 aliphatic rings. The molecule has 21 heavy (non-hydrogen) atoms. The molecule has 2 aromatic rings. The Bertz CT molecular complexity index is 599. The Hall–Kier alpha value is -1.43. The van der Waals surface area contributed by atoms with Crippen molar-refractivity contribution in [2.45, 2.75) is 26.0 Å². The molecule has 2 unspecified atom stereocenters. The van der Waals surface area contributed by atoms with E-state index in [1.807, 2.05) is 12.1 Å². The zero-order chi connectivity index (χ0) is 14.8. The molecule has 1 aromatic heterocycles. The number of hydrogen-bond donors (Lipinski definition) is 1. The first-order chi connectivity index (χ1) is 10.1. The molecule has 2 heterocycles. The lowest BCUT2D eigenvalue weighted by atomic mass is 9.96. The van der Waals surface area contributed by atoms with E-state index in [1.165, 1.54) is 0 Å². The van der Waals surface area contributed by atoms with Crippen LogP contribution in [0.3, 0.4) is 0 Å². The zero-order valence-electron chi connectivity index (χ0n) is 11.9. The van der Waals surface area contributed by atoms with Crippen LogP contribution >= 0.6 is 11.6 Å². The standard InChI is InChI=1S/C15H18ClN3O2/c1-10-6-7-19(8-13(10)20)9-14-17-15(21-18-14)11-2-4-12(16)5-3-11/h2-5,10,13,20H,6-9H2,1H3. The van der Waals surface area contributed by atoms with Crippen LogP contribution < -0.4 is 0 Å². The van der Waals surface area contributed by atoms with Gasteiger partial charge in [0.2, 0.25) is 0 Å². The van der Waals surface area contributed by atoms with Gasteiger partial charge in [-0.1, -0.05) is 23.7 Å². The molecule has 6 heteroatoms. The molecule has 112 valence electrons. The molecule has 1 aromatic carbocycles. The fraction of sp³-hybridized carbons (Fsp3) is 0.467. The molecule has 0 amide bonds. The summed E-state index contributed by atoms with van der Waals surface area (Å²) < 4.78 is 5.29. The highest BCUT2D eigenvalue weighted by molar-refractivity contribution is 6.30. The Morgan fingerprint density at radius 3 is 2.86 bits per heavy atom. The Morgan fingerprint density at radius 1 is 1.38 bits per heavy atom. The van der Waals surface area contributed by atoms with Crippen molar-refractivity contribution in [1.29, 1.82) is 0 Å². The molecular formula is C15H18ClN3O2. The molecule has 0 radical (unpaired) electrons. The van der Waals surface area contributed by atoms with Gasteiger partial charge in [-0.05, 0) is 43.1 Å². The van der Waals surface area contributed by atoms with Gasteiger partial charge in [-0.15, -0.1) is 0 Å². The van der Waals surface area contributed by atoms with Gasteiger partial charge in [0.1, 0.15) is 0 Å². The third-order valence-corrected chi connectivity index (χ3v) is 4.18. The van der Waals surface area contributed by atoms with Gasteiger partial charge in [0.25, 0.3) is 5.89 Å². The highest BCUT2D eigenvalue weighted by atomic mass is 35.5. The lowest BCUT2D eigenvalue weighted by Gasteiger charge is -2.33. The molecule has 0 aliphatic carbocycles. The van der Waals surface area contributed by atoms with Crippen LogP contribution in [0.2, 0.25) is 5.02 Å². The highest BCUT2D eigenvalue weighted by Gasteiger charge is 2.25. The summed E-state index contributed by atoms with van der Waals surface area (Å²) in [5.41, 5.74) is 0.852. The van der Waals surface area contributed by atoms with Crippen LogP contribution in [-0.2, 0) is 6.54 Å². The maximum Gasteiger partial charge on any atom is 0.257 e. The number of β-amino-alcohol motifs (C(OH)–C–C–N with tert-alkyl or cyclic N) is 1. The van der Waals surface area contributed by atoms with Crippen LogP contribution in [0.4, 0.5) is 0 Å². The van der Waals surface area contributed by atoms with Crippen molar-refractivity contribution in [1.82, 2.24) is 15.0 Å².